The van der Waals surface area contributed by atoms with Crippen molar-refractivity contribution >= 4 is 57.4 Å². The monoisotopic (exact) mass is 478 g/mol. The van der Waals surface area contributed by atoms with Crippen molar-refractivity contribution in [3.8, 4) is 0 Å². The van der Waals surface area contributed by atoms with Gasteiger partial charge in [-0.15, -0.1) is 0 Å². The average molecular weight is 478 g/mol. The van der Waals surface area contributed by atoms with Gasteiger partial charge in [0, 0.05) is 0 Å². The van der Waals surface area contributed by atoms with Gasteiger partial charge in [0.2, 0.25) is 0 Å². The van der Waals surface area contributed by atoms with E-state index in [2.05, 4.69) is 0 Å². The van der Waals surface area contributed by atoms with E-state index in [0.717, 1.165) is 0 Å². The van der Waals surface area contributed by atoms with Crippen molar-refractivity contribution in [3.05, 3.63) is 0 Å². The van der Waals surface area contributed by atoms with Gasteiger partial charge < -0.3 is 70.9 Å². The molecule has 15 heteroatoms. The number of carbonyl (C=O) groups is 2. The Bertz CT molecular complexity index is 385. The summed E-state index contributed by atoms with van der Waals surface area (Å²) in [6.45, 7) is -1.73. The second kappa shape index (κ2) is 15.9. The van der Waals surface area contributed by atoms with Crippen molar-refractivity contribution < 1.29 is 70.9 Å². The third-order valence-electron chi connectivity index (χ3n) is 2.99. The minimum atomic E-state index is -2.31. The number of rotatable bonds is 10. The van der Waals surface area contributed by atoms with Gasteiger partial charge in [0.1, 0.15) is 48.8 Å². The first-order valence-corrected chi connectivity index (χ1v) is 6.91. The first-order valence-electron chi connectivity index (χ1n) is 6.91. The molecule has 0 aromatic heterocycles. The number of aliphatic hydroxyl groups excluding tert-OH is 10. The summed E-state index contributed by atoms with van der Waals surface area (Å²) in [5, 5.41) is 107. The van der Waals surface area contributed by atoms with E-state index in [1.165, 1.54) is 0 Å². The molecule has 0 unspecified atom stereocenters. The number of aliphatic carboxylic acids is 2. The summed E-state index contributed by atoms with van der Waals surface area (Å²) in [6, 6.07) is 0. The smallest absolute Gasteiger partial charge is 0.547 e. The van der Waals surface area contributed by atoms with Crippen molar-refractivity contribution in [2.24, 2.45) is 0 Å². The molecule has 0 aromatic carbocycles. The van der Waals surface area contributed by atoms with Crippen LogP contribution in [0.1, 0.15) is 0 Å². The fourth-order valence-electron chi connectivity index (χ4n) is 1.32. The van der Waals surface area contributed by atoms with E-state index in [1.807, 2.05) is 0 Å². The summed E-state index contributed by atoms with van der Waals surface area (Å²) in [4.78, 5) is 20.0. The molecule has 0 rings (SSSR count). The van der Waals surface area contributed by atoms with E-state index in [0.29, 0.717) is 0 Å². The summed E-state index contributed by atoms with van der Waals surface area (Å²) in [7, 11) is 0. The SMILES string of the molecule is O=C([O-])[C@H](O)[C@@H](O)[C@@H](O)[C@@H](O)CO.O=C([O-])[C@H](O)[C@@H](O)[C@@H](O)[C@@H](O)CO.[Sr+2]. The van der Waals surface area contributed by atoms with Crippen LogP contribution in [0.5, 0.6) is 0 Å². The second-order valence-corrected chi connectivity index (χ2v) is 4.99. The molecule has 27 heavy (non-hydrogen) atoms. The van der Waals surface area contributed by atoms with Crippen molar-refractivity contribution in [2.45, 2.75) is 48.8 Å². The summed E-state index contributed by atoms with van der Waals surface area (Å²) in [5.41, 5.74) is 0. The van der Waals surface area contributed by atoms with E-state index < -0.39 is 74.0 Å². The van der Waals surface area contributed by atoms with Crippen molar-refractivity contribution in [3.63, 3.8) is 0 Å². The Balaban J connectivity index is -0.000000411. The summed E-state index contributed by atoms with van der Waals surface area (Å²) >= 11 is 0. The molecule has 0 aliphatic heterocycles. The Morgan fingerprint density at radius 3 is 0.963 bits per heavy atom. The van der Waals surface area contributed by atoms with Crippen LogP contribution in [0.2, 0.25) is 0 Å². The zero-order valence-electron chi connectivity index (χ0n) is 13.8. The van der Waals surface area contributed by atoms with Gasteiger partial charge >= 0.3 is 45.5 Å². The molecule has 0 fully saturated rings. The molecule has 0 heterocycles. The molecule has 0 aromatic rings. The van der Waals surface area contributed by atoms with Gasteiger partial charge in [0.25, 0.3) is 0 Å². The molecular formula is C12H22O14Sr. The Hall–Kier alpha value is 0.0205. The van der Waals surface area contributed by atoms with Gasteiger partial charge in [0.05, 0.1) is 25.2 Å². The molecule has 156 valence electrons. The normalized spacial score (nSPS) is 19.6. The van der Waals surface area contributed by atoms with Crippen LogP contribution < -0.4 is 10.2 Å². The Morgan fingerprint density at radius 1 is 0.593 bits per heavy atom. The predicted molar refractivity (Wildman–Crippen MR) is 78.0 cm³/mol. The topological polar surface area (TPSA) is 283 Å². The van der Waals surface area contributed by atoms with Gasteiger partial charge in [-0.2, -0.15) is 0 Å². The molecule has 0 radical (unpaired) electrons. The summed E-state index contributed by atoms with van der Waals surface area (Å²) in [5.74, 6) is -3.95. The number of carboxylic acids is 2. The van der Waals surface area contributed by atoms with E-state index in [4.69, 9.17) is 51.1 Å². The Morgan fingerprint density at radius 2 is 0.815 bits per heavy atom. The fraction of sp³-hybridized carbons (Fsp3) is 0.833. The minimum absolute atomic E-state index is 0. The number of hydrogen-bond donors (Lipinski definition) is 10. The van der Waals surface area contributed by atoms with Crippen LogP contribution in [0.3, 0.4) is 0 Å². The maximum Gasteiger partial charge on any atom is 2.00 e. The Labute approximate surface area is 189 Å². The van der Waals surface area contributed by atoms with Gasteiger partial charge in [0.15, 0.2) is 0 Å². The van der Waals surface area contributed by atoms with Crippen LogP contribution in [0.15, 0.2) is 0 Å². The van der Waals surface area contributed by atoms with Crippen LogP contribution in [0.4, 0.5) is 0 Å². The molecule has 0 bridgehead atoms. The van der Waals surface area contributed by atoms with Crippen LogP contribution in [0, 0.1) is 0 Å². The second-order valence-electron chi connectivity index (χ2n) is 4.99. The number of hydrogen-bond acceptors (Lipinski definition) is 14. The molecule has 0 aliphatic carbocycles. The number of aliphatic hydroxyl groups is 10. The zero-order valence-corrected chi connectivity index (χ0v) is 17.3. The summed E-state index contributed by atoms with van der Waals surface area (Å²) in [6.07, 6.45) is -16.2. The summed E-state index contributed by atoms with van der Waals surface area (Å²) < 4.78 is 0. The third-order valence-corrected chi connectivity index (χ3v) is 2.99. The van der Waals surface area contributed by atoms with Crippen molar-refractivity contribution in [1.82, 2.24) is 0 Å². The Kier molecular flexibility index (Phi) is 18.7. The third kappa shape index (κ3) is 11.6. The van der Waals surface area contributed by atoms with E-state index in [-0.39, 0.29) is 45.5 Å². The predicted octanol–water partition coefficient (Wildman–Crippen LogP) is -10.0. The maximum absolute atomic E-state index is 9.98. The molecule has 14 nitrogen and oxygen atoms in total. The quantitative estimate of drug-likeness (QED) is 0.131. The van der Waals surface area contributed by atoms with Gasteiger partial charge in [-0.3, -0.25) is 0 Å². The standard InChI is InChI=1S/2C6H12O7.Sr/c2*7-1-2(8)3(9)4(10)5(11)6(12)13;/h2*2-5,7-11H,1H2,(H,12,13);/q;;+2/p-2/t2*2-,3-,4-,5+;/m00./s1. The van der Waals surface area contributed by atoms with E-state index >= 15 is 0 Å². The van der Waals surface area contributed by atoms with Crippen molar-refractivity contribution in [2.75, 3.05) is 13.2 Å². The number of carbonyl (C=O) groups excluding carboxylic acids is 2. The molecule has 0 saturated heterocycles. The molecule has 10 N–H and O–H groups in total. The average Bonchev–Trinajstić information content (AvgIpc) is 2.62. The van der Waals surface area contributed by atoms with Crippen LogP contribution in [-0.4, -0.2) is 171 Å². The van der Waals surface area contributed by atoms with Gasteiger partial charge in [-0.05, 0) is 0 Å². The number of carboxylic acid groups (broad SMARTS) is 2. The molecule has 0 saturated carbocycles. The largest absolute Gasteiger partial charge is 2.00 e. The van der Waals surface area contributed by atoms with E-state index in [9.17, 15) is 19.8 Å². The zero-order chi connectivity index (χ0) is 21.2. The van der Waals surface area contributed by atoms with Crippen LogP contribution in [-0.2, 0) is 9.59 Å². The molecule has 0 aliphatic rings. The maximum atomic E-state index is 9.98. The molecular weight excluding hydrogens is 456 g/mol. The minimum Gasteiger partial charge on any atom is -0.547 e. The first kappa shape index (κ1) is 31.7. The first-order chi connectivity index (χ1) is 11.8. The van der Waals surface area contributed by atoms with Crippen LogP contribution in [0.25, 0.3) is 0 Å². The van der Waals surface area contributed by atoms with Gasteiger partial charge in [-0.25, -0.2) is 0 Å². The molecule has 0 spiro atoms. The van der Waals surface area contributed by atoms with Crippen LogP contribution >= 0.6 is 0 Å². The van der Waals surface area contributed by atoms with E-state index in [1.54, 1.807) is 0 Å². The molecule has 0 amide bonds. The van der Waals surface area contributed by atoms with Gasteiger partial charge in [-0.1, -0.05) is 0 Å². The molecule has 8 atom stereocenters. The fourth-order valence-corrected chi connectivity index (χ4v) is 1.32. The van der Waals surface area contributed by atoms with Crippen molar-refractivity contribution in [1.29, 1.82) is 0 Å².